The van der Waals surface area contributed by atoms with Crippen LogP contribution >= 0.6 is 0 Å². The second-order valence-corrected chi connectivity index (χ2v) is 9.28. The first-order chi connectivity index (χ1) is 18.1. The largest absolute Gasteiger partial charge is 0.388 e. The van der Waals surface area contributed by atoms with E-state index in [9.17, 15) is 0 Å². The molecule has 0 saturated carbocycles. The number of nitrogens with zero attached hydrogens (tertiary/aromatic N) is 4. The van der Waals surface area contributed by atoms with Gasteiger partial charge >= 0.3 is 0 Å². The molecular weight excluding hydrogens is 468 g/mol. The molecule has 0 spiro atoms. The fraction of sp³-hybridized carbons (Fsp3) is 0.250. The van der Waals surface area contributed by atoms with Crippen molar-refractivity contribution in [1.82, 2.24) is 24.8 Å². The van der Waals surface area contributed by atoms with Crippen molar-refractivity contribution in [3.8, 4) is 5.69 Å². The van der Waals surface area contributed by atoms with Crippen LogP contribution in [0.5, 0.6) is 0 Å². The highest BCUT2D eigenvalue weighted by atomic mass is 15.1. The summed E-state index contributed by atoms with van der Waals surface area (Å²) in [7, 11) is 5.97. The van der Waals surface area contributed by atoms with E-state index < -0.39 is 0 Å². The van der Waals surface area contributed by atoms with Crippen molar-refractivity contribution >= 4 is 5.69 Å². The maximum atomic E-state index is 4.43. The zero-order chi connectivity index (χ0) is 28.4. The first-order valence-corrected chi connectivity index (χ1v) is 12.6. The fourth-order valence-corrected chi connectivity index (χ4v) is 3.97. The number of aromatic nitrogens is 3. The van der Waals surface area contributed by atoms with Gasteiger partial charge in [0.1, 0.15) is 0 Å². The van der Waals surface area contributed by atoms with Gasteiger partial charge in [-0.05, 0) is 75.7 Å². The molecule has 0 aliphatic rings. The topological polar surface area (TPSA) is 58.0 Å². The minimum atomic E-state index is 0.666. The van der Waals surface area contributed by atoms with Crippen LogP contribution in [-0.2, 0) is 0 Å². The Labute approximate surface area is 228 Å². The molecule has 2 rings (SSSR count). The first kappa shape index (κ1) is 30.1. The number of aryl methyl sites for hydroxylation is 1. The molecule has 0 aliphatic heterocycles. The second kappa shape index (κ2) is 14.0. The van der Waals surface area contributed by atoms with Crippen molar-refractivity contribution in [3.05, 3.63) is 132 Å². The lowest BCUT2D eigenvalue weighted by molar-refractivity contribution is 0.449. The van der Waals surface area contributed by atoms with E-state index >= 15 is 0 Å². The third-order valence-electron chi connectivity index (χ3n) is 6.10. The van der Waals surface area contributed by atoms with E-state index in [0.29, 0.717) is 5.70 Å². The monoisotopic (exact) mass is 510 g/mol. The van der Waals surface area contributed by atoms with Gasteiger partial charge in [-0.25, -0.2) is 4.98 Å². The van der Waals surface area contributed by atoms with Crippen LogP contribution in [0.15, 0.2) is 121 Å². The lowest BCUT2D eigenvalue weighted by Crippen LogP contribution is -2.14. The molecule has 38 heavy (non-hydrogen) atoms. The number of hydrogen-bond acceptors (Lipinski definition) is 5. The number of imidazole rings is 1. The molecule has 0 amide bonds. The highest BCUT2D eigenvalue weighted by Gasteiger charge is 2.15. The van der Waals surface area contributed by atoms with Crippen molar-refractivity contribution in [3.63, 3.8) is 0 Å². The number of nitrogens with one attached hydrogen (secondary N) is 2. The lowest BCUT2D eigenvalue weighted by Gasteiger charge is -2.20. The summed E-state index contributed by atoms with van der Waals surface area (Å²) in [5.74, 6) is 0. The molecule has 2 heterocycles. The third kappa shape index (κ3) is 7.67. The fourth-order valence-electron chi connectivity index (χ4n) is 3.97. The van der Waals surface area contributed by atoms with Gasteiger partial charge in [0.15, 0.2) is 0 Å². The number of allylic oxidation sites excluding steroid dienone is 8. The normalized spacial score (nSPS) is 12.9. The summed E-state index contributed by atoms with van der Waals surface area (Å²) in [5.41, 5.74) is 9.98. The number of rotatable bonds is 13. The van der Waals surface area contributed by atoms with Crippen LogP contribution < -0.4 is 10.6 Å². The van der Waals surface area contributed by atoms with Crippen molar-refractivity contribution in [2.24, 2.45) is 0 Å². The maximum Gasteiger partial charge on any atom is 0.0995 e. The molecule has 0 atom stereocenters. The number of likely N-dealkylation sites (N-methyl/N-ethyl adjacent to an activating group) is 2. The molecule has 0 unspecified atom stereocenters. The quantitative estimate of drug-likeness (QED) is 0.298. The molecule has 6 nitrogen and oxygen atoms in total. The summed E-state index contributed by atoms with van der Waals surface area (Å²) in [6.07, 6.45) is 17.5. The van der Waals surface area contributed by atoms with Gasteiger partial charge in [-0.15, -0.1) is 0 Å². The standard InChI is InChI=1S/C32H42N6/c1-12-27(20-37(10)11)16-28(13-2)22(4)15-29(30(14-3)33-9)24(6)26(8)36-31-17-34-18-32(25(31)7)38-19-23(5)35-21-38/h12-19,21,33,36H,1,4,6,8,20H2,2-3,5,7,9-11H3/b27-16+,28-13+,29-15-,30-14+. The zero-order valence-electron chi connectivity index (χ0n) is 24.0. The summed E-state index contributed by atoms with van der Waals surface area (Å²) >= 11 is 0. The van der Waals surface area contributed by atoms with E-state index in [0.717, 1.165) is 62.7 Å². The van der Waals surface area contributed by atoms with E-state index in [1.54, 1.807) is 12.5 Å². The molecule has 0 saturated heterocycles. The average molecular weight is 511 g/mol. The predicted molar refractivity (Wildman–Crippen MR) is 163 cm³/mol. The number of anilines is 1. The molecule has 0 bridgehead atoms. The van der Waals surface area contributed by atoms with E-state index in [-0.39, 0.29) is 0 Å². The average Bonchev–Trinajstić information content (AvgIpc) is 3.32. The Bertz CT molecular complexity index is 1330. The van der Waals surface area contributed by atoms with Gasteiger partial charge in [0, 0.05) is 36.8 Å². The lowest BCUT2D eigenvalue weighted by atomic mass is 9.95. The highest BCUT2D eigenvalue weighted by Crippen LogP contribution is 2.29. The van der Waals surface area contributed by atoms with Gasteiger partial charge in [-0.1, -0.05) is 50.6 Å². The van der Waals surface area contributed by atoms with Gasteiger partial charge in [-0.3, -0.25) is 4.98 Å². The molecule has 0 fully saturated rings. The molecule has 0 radical (unpaired) electrons. The Hall–Kier alpha value is -4.16. The Morgan fingerprint density at radius 3 is 2.32 bits per heavy atom. The SMILES string of the molecule is C=C/C(=C\C(=C/C)C(=C)/C=C(C(=C)C(=C)Nc1cncc(-n2cnc(C)c2)c1C)\C(=C/C)NC)CN(C)C. The molecule has 2 aromatic heterocycles. The van der Waals surface area contributed by atoms with Crippen LogP contribution in [0.1, 0.15) is 25.1 Å². The van der Waals surface area contributed by atoms with Crippen molar-refractivity contribution in [2.75, 3.05) is 33.0 Å². The zero-order valence-corrected chi connectivity index (χ0v) is 24.0. The van der Waals surface area contributed by atoms with E-state index in [1.165, 1.54) is 0 Å². The van der Waals surface area contributed by atoms with Crippen LogP contribution in [0.25, 0.3) is 5.69 Å². The van der Waals surface area contributed by atoms with Gasteiger partial charge < -0.3 is 20.1 Å². The van der Waals surface area contributed by atoms with Crippen molar-refractivity contribution in [1.29, 1.82) is 0 Å². The minimum Gasteiger partial charge on any atom is -0.388 e. The van der Waals surface area contributed by atoms with Gasteiger partial charge in [0.25, 0.3) is 0 Å². The second-order valence-electron chi connectivity index (χ2n) is 9.28. The summed E-state index contributed by atoms with van der Waals surface area (Å²) in [6, 6.07) is 0. The molecule has 2 N–H and O–H groups in total. The Balaban J connectivity index is 2.41. The highest BCUT2D eigenvalue weighted by molar-refractivity contribution is 5.66. The summed E-state index contributed by atoms with van der Waals surface area (Å²) in [4.78, 5) is 10.9. The maximum absolute atomic E-state index is 4.43. The predicted octanol–water partition coefficient (Wildman–Crippen LogP) is 6.59. The molecule has 6 heteroatoms. The van der Waals surface area contributed by atoms with Gasteiger partial charge in [-0.2, -0.15) is 0 Å². The van der Waals surface area contributed by atoms with E-state index in [4.69, 9.17) is 0 Å². The van der Waals surface area contributed by atoms with Crippen LogP contribution in [0, 0.1) is 13.8 Å². The minimum absolute atomic E-state index is 0.666. The Kier molecular flexibility index (Phi) is 11.0. The molecule has 0 aliphatic carbocycles. The summed E-state index contributed by atoms with van der Waals surface area (Å²) < 4.78 is 1.97. The van der Waals surface area contributed by atoms with Crippen LogP contribution in [-0.4, -0.2) is 47.1 Å². The smallest absolute Gasteiger partial charge is 0.0995 e. The summed E-state index contributed by atoms with van der Waals surface area (Å²) in [5, 5.41) is 6.71. The van der Waals surface area contributed by atoms with Crippen LogP contribution in [0.3, 0.4) is 0 Å². The molecule has 200 valence electrons. The first-order valence-electron chi connectivity index (χ1n) is 12.6. The Morgan fingerprint density at radius 2 is 1.79 bits per heavy atom. The number of hydrogen-bond donors (Lipinski definition) is 2. The van der Waals surface area contributed by atoms with E-state index in [2.05, 4.69) is 64.0 Å². The van der Waals surface area contributed by atoms with Crippen molar-refractivity contribution in [2.45, 2.75) is 27.7 Å². The number of pyridine rings is 1. The van der Waals surface area contributed by atoms with Gasteiger partial charge in [0.2, 0.25) is 0 Å². The van der Waals surface area contributed by atoms with Crippen molar-refractivity contribution < 1.29 is 0 Å². The van der Waals surface area contributed by atoms with E-state index in [1.807, 2.05) is 84.0 Å². The van der Waals surface area contributed by atoms with Crippen LogP contribution in [0.4, 0.5) is 5.69 Å². The van der Waals surface area contributed by atoms with Gasteiger partial charge in [0.05, 0.1) is 35.8 Å². The Morgan fingerprint density at radius 1 is 1.08 bits per heavy atom. The molecular formula is C32H42N6. The third-order valence-corrected chi connectivity index (χ3v) is 6.10. The molecule has 2 aromatic rings. The van der Waals surface area contributed by atoms with Crippen LogP contribution in [0.2, 0.25) is 0 Å². The molecule has 0 aromatic carbocycles. The summed E-state index contributed by atoms with van der Waals surface area (Å²) in [6.45, 7) is 25.8.